The van der Waals surface area contributed by atoms with Gasteiger partial charge >= 0.3 is 6.09 Å². The molecule has 0 aliphatic rings. The van der Waals surface area contributed by atoms with Crippen LogP contribution in [0.4, 0.5) is 10.5 Å². The molecular formula is C23H33ClN4O5S. The first-order chi connectivity index (χ1) is 15.8. The quantitative estimate of drug-likeness (QED) is 0.373. The summed E-state index contributed by atoms with van der Waals surface area (Å²) < 4.78 is 29.3. The van der Waals surface area contributed by atoms with Crippen LogP contribution in [0.15, 0.2) is 24.4 Å². The lowest BCUT2D eigenvalue weighted by atomic mass is 10.2. The highest BCUT2D eigenvalue weighted by Crippen LogP contribution is 2.26. The number of nitrogens with zero attached hydrogens (tertiary/aromatic N) is 4. The Morgan fingerprint density at radius 2 is 1.94 bits per heavy atom. The van der Waals surface area contributed by atoms with Gasteiger partial charge in [-0.1, -0.05) is 37.4 Å². The number of benzene rings is 1. The van der Waals surface area contributed by atoms with E-state index in [1.54, 1.807) is 63.7 Å². The van der Waals surface area contributed by atoms with E-state index in [0.29, 0.717) is 29.5 Å². The summed E-state index contributed by atoms with van der Waals surface area (Å²) in [5.41, 5.74) is 0.813. The number of anilines is 1. The average Bonchev–Trinajstić information content (AvgIpc) is 3.10. The van der Waals surface area contributed by atoms with Crippen LogP contribution >= 0.6 is 11.6 Å². The van der Waals surface area contributed by atoms with Crippen LogP contribution in [-0.2, 0) is 22.5 Å². The predicted molar refractivity (Wildman–Crippen MR) is 133 cm³/mol. The van der Waals surface area contributed by atoms with Gasteiger partial charge in [-0.15, -0.1) is 0 Å². The molecule has 1 aromatic heterocycles. The van der Waals surface area contributed by atoms with Crippen LogP contribution in [0.25, 0.3) is 0 Å². The number of hydrogen-bond acceptors (Lipinski definition) is 5. The maximum absolute atomic E-state index is 12.8. The zero-order valence-electron chi connectivity index (χ0n) is 20.5. The minimum Gasteiger partial charge on any atom is -0.443 e. The molecule has 0 aliphatic carbocycles. The van der Waals surface area contributed by atoms with Crippen LogP contribution in [0.2, 0.25) is 5.02 Å². The summed E-state index contributed by atoms with van der Waals surface area (Å²) in [6.07, 6.45) is 3.48. The zero-order valence-corrected chi connectivity index (χ0v) is 22.1. The molecule has 34 heavy (non-hydrogen) atoms. The molecule has 2 aromatic rings. The Morgan fingerprint density at radius 3 is 2.50 bits per heavy atom. The lowest BCUT2D eigenvalue weighted by Crippen LogP contribution is -2.34. The lowest BCUT2D eigenvalue weighted by molar-refractivity contribution is 0.0589. The van der Waals surface area contributed by atoms with Gasteiger partial charge < -0.3 is 9.30 Å². The maximum Gasteiger partial charge on any atom is 0.414 e. The van der Waals surface area contributed by atoms with Gasteiger partial charge in [0.25, 0.3) is 17.2 Å². The first-order valence-corrected chi connectivity index (χ1v) is 12.5. The van der Waals surface area contributed by atoms with Crippen molar-refractivity contribution < 1.29 is 23.1 Å². The van der Waals surface area contributed by atoms with Gasteiger partial charge in [0, 0.05) is 30.5 Å². The van der Waals surface area contributed by atoms with Gasteiger partial charge in [-0.05, 0) is 51.8 Å². The summed E-state index contributed by atoms with van der Waals surface area (Å²) in [4.78, 5) is 30.7. The smallest absolute Gasteiger partial charge is 0.414 e. The Kier molecular flexibility index (Phi) is 9.66. The Morgan fingerprint density at radius 1 is 1.26 bits per heavy atom. The van der Waals surface area contributed by atoms with E-state index in [-0.39, 0.29) is 12.2 Å². The number of ether oxygens (including phenoxy) is 1. The molecular weight excluding hydrogens is 480 g/mol. The van der Waals surface area contributed by atoms with Gasteiger partial charge in [0.15, 0.2) is 0 Å². The molecule has 0 fully saturated rings. The summed E-state index contributed by atoms with van der Waals surface area (Å²) in [5.74, 6) is -0.0363. The summed E-state index contributed by atoms with van der Waals surface area (Å²) in [6, 6.07) is 5.22. The molecule has 0 saturated carbocycles. The average molecular weight is 513 g/mol. The SMILES string of the molecule is CCCCCN(C(=O)c1cn(Cc2ccc(N(C)C(=O)OC(C)(C)C)cc2Cl)c(C)n1)S(=O)O. The topological polar surface area (TPSA) is 105 Å². The molecule has 0 radical (unpaired) electrons. The van der Waals surface area contributed by atoms with Gasteiger partial charge in [0.2, 0.25) is 0 Å². The molecule has 1 unspecified atom stereocenters. The van der Waals surface area contributed by atoms with Crippen LogP contribution in [0, 0.1) is 6.92 Å². The van der Waals surface area contributed by atoms with Crippen molar-refractivity contribution in [1.82, 2.24) is 13.9 Å². The fourth-order valence-corrected chi connectivity index (χ4v) is 3.90. The number of unbranched alkanes of at least 4 members (excludes halogenated alkanes) is 2. The number of carbonyl (C=O) groups is 2. The Balaban J connectivity index is 2.18. The number of carbonyl (C=O) groups excluding carboxylic acids is 2. The number of imidazole rings is 1. The minimum atomic E-state index is -2.42. The van der Waals surface area contributed by atoms with Crippen LogP contribution in [0.3, 0.4) is 0 Å². The molecule has 1 atom stereocenters. The molecule has 1 heterocycles. The molecule has 2 amide bonds. The number of rotatable bonds is 9. The number of halogens is 1. The molecule has 188 valence electrons. The fourth-order valence-electron chi connectivity index (χ4n) is 3.15. The van der Waals surface area contributed by atoms with Crippen LogP contribution < -0.4 is 4.90 Å². The van der Waals surface area contributed by atoms with Gasteiger partial charge in [-0.2, -0.15) is 0 Å². The van der Waals surface area contributed by atoms with Gasteiger partial charge in [-0.25, -0.2) is 18.3 Å². The first kappa shape index (κ1) is 27.8. The second-order valence-electron chi connectivity index (χ2n) is 8.96. The maximum atomic E-state index is 12.8. The second-order valence-corrected chi connectivity index (χ2v) is 10.3. The molecule has 0 spiro atoms. The monoisotopic (exact) mass is 512 g/mol. The van der Waals surface area contributed by atoms with E-state index in [1.807, 2.05) is 6.92 Å². The van der Waals surface area contributed by atoms with E-state index < -0.39 is 28.9 Å². The largest absolute Gasteiger partial charge is 0.443 e. The van der Waals surface area contributed by atoms with Crippen LogP contribution in [-0.4, -0.2) is 53.8 Å². The number of hydrogen-bond donors (Lipinski definition) is 1. The zero-order chi connectivity index (χ0) is 25.6. The van der Waals surface area contributed by atoms with Gasteiger partial charge in [0.05, 0.1) is 6.54 Å². The summed E-state index contributed by atoms with van der Waals surface area (Å²) in [5, 5.41) is 0.437. The molecule has 11 heteroatoms. The highest BCUT2D eigenvalue weighted by molar-refractivity contribution is 7.77. The van der Waals surface area contributed by atoms with Crippen molar-refractivity contribution in [2.45, 2.75) is 66.0 Å². The summed E-state index contributed by atoms with van der Waals surface area (Å²) in [7, 11) is 1.61. The van der Waals surface area contributed by atoms with E-state index in [9.17, 15) is 18.4 Å². The molecule has 1 aromatic carbocycles. The van der Waals surface area contributed by atoms with Crippen LogP contribution in [0.5, 0.6) is 0 Å². The van der Waals surface area contributed by atoms with Crippen molar-refractivity contribution in [1.29, 1.82) is 0 Å². The Hall–Kier alpha value is -2.43. The highest BCUT2D eigenvalue weighted by Gasteiger charge is 2.24. The molecule has 0 bridgehead atoms. The van der Waals surface area contributed by atoms with E-state index in [0.717, 1.165) is 22.7 Å². The Labute approximate surface area is 208 Å². The van der Waals surface area contributed by atoms with Crippen molar-refractivity contribution >= 4 is 40.6 Å². The second kappa shape index (κ2) is 11.8. The third-order valence-electron chi connectivity index (χ3n) is 5.01. The number of aryl methyl sites for hydroxylation is 1. The fraction of sp³-hybridized carbons (Fsp3) is 0.522. The first-order valence-electron chi connectivity index (χ1n) is 11.1. The normalized spacial score (nSPS) is 12.4. The molecule has 2 rings (SSSR count). The standard InChI is InChI=1S/C23H33ClN4O5S/c1-7-8-9-12-28(34(31)32)21(29)20-15-27(16(2)25-20)14-17-10-11-18(13-19(17)24)26(6)22(30)33-23(3,4)5/h10-11,13,15H,7-9,12,14H2,1-6H3,(H,31,32). The molecule has 1 N–H and O–H groups in total. The predicted octanol–water partition coefficient (Wildman–Crippen LogP) is 5.03. The minimum absolute atomic E-state index is 0.0915. The van der Waals surface area contributed by atoms with E-state index in [2.05, 4.69) is 4.98 Å². The van der Waals surface area contributed by atoms with Crippen LogP contribution in [0.1, 0.15) is 68.8 Å². The van der Waals surface area contributed by atoms with Crippen molar-refractivity contribution in [3.8, 4) is 0 Å². The summed E-state index contributed by atoms with van der Waals surface area (Å²) in [6.45, 7) is 9.66. The number of amides is 2. The Bertz CT molecular complexity index is 1050. The highest BCUT2D eigenvalue weighted by atomic mass is 35.5. The molecule has 9 nitrogen and oxygen atoms in total. The third-order valence-corrected chi connectivity index (χ3v) is 6.08. The van der Waals surface area contributed by atoms with Crippen molar-refractivity contribution in [2.75, 3.05) is 18.5 Å². The lowest BCUT2D eigenvalue weighted by Gasteiger charge is -2.25. The van der Waals surface area contributed by atoms with Gasteiger partial charge in [0.1, 0.15) is 17.1 Å². The summed E-state index contributed by atoms with van der Waals surface area (Å²) >= 11 is 4.06. The van der Waals surface area contributed by atoms with E-state index >= 15 is 0 Å². The van der Waals surface area contributed by atoms with E-state index in [4.69, 9.17) is 16.3 Å². The van der Waals surface area contributed by atoms with E-state index in [1.165, 1.54) is 4.90 Å². The van der Waals surface area contributed by atoms with Crippen molar-refractivity contribution in [2.24, 2.45) is 0 Å². The van der Waals surface area contributed by atoms with Crippen molar-refractivity contribution in [3.63, 3.8) is 0 Å². The molecule has 0 saturated heterocycles. The van der Waals surface area contributed by atoms with Crippen molar-refractivity contribution in [3.05, 3.63) is 46.5 Å². The third kappa shape index (κ3) is 7.54. The molecule has 0 aliphatic heterocycles. The number of aromatic nitrogens is 2. The van der Waals surface area contributed by atoms with Gasteiger partial charge in [-0.3, -0.25) is 14.2 Å².